The fourth-order valence-corrected chi connectivity index (χ4v) is 6.13. The van der Waals surface area contributed by atoms with Crippen molar-refractivity contribution >= 4 is 24.4 Å². The Balaban J connectivity index is 0.00000192. The van der Waals surface area contributed by atoms with E-state index in [4.69, 9.17) is 0 Å². The van der Waals surface area contributed by atoms with Crippen LogP contribution in [0.25, 0.3) is 0 Å². The van der Waals surface area contributed by atoms with Gasteiger partial charge in [-0.3, -0.25) is 0 Å². The van der Waals surface area contributed by atoms with Gasteiger partial charge in [0.2, 0.25) is 0 Å². The van der Waals surface area contributed by atoms with Gasteiger partial charge in [0.1, 0.15) is 0 Å². The molecular formula is C21H21LiSi. The molecule has 3 rings (SSSR count). The molecule has 3 aromatic carbocycles. The summed E-state index contributed by atoms with van der Waals surface area (Å²) in [5, 5.41) is 4.44. The molecule has 0 bridgehead atoms. The van der Waals surface area contributed by atoms with Gasteiger partial charge in [0, 0.05) is 0 Å². The van der Waals surface area contributed by atoms with E-state index in [9.17, 15) is 0 Å². The third-order valence-electron chi connectivity index (χ3n) is 4.05. The summed E-state index contributed by atoms with van der Waals surface area (Å²) >= 11 is 0. The van der Waals surface area contributed by atoms with E-state index in [1.54, 1.807) is 0 Å². The molecule has 0 unspecified atom stereocenters. The van der Waals surface area contributed by atoms with Crippen LogP contribution in [0.2, 0.25) is 0 Å². The first kappa shape index (κ1) is 17.8. The van der Waals surface area contributed by atoms with Crippen molar-refractivity contribution in [3.63, 3.8) is 0 Å². The van der Waals surface area contributed by atoms with Crippen molar-refractivity contribution in [2.24, 2.45) is 0 Å². The molecule has 0 aromatic heterocycles. The Kier molecular flexibility index (Phi) is 6.07. The van der Waals surface area contributed by atoms with Crippen LogP contribution in [0.3, 0.4) is 0 Å². The third-order valence-corrected chi connectivity index (χ3v) is 7.16. The van der Waals surface area contributed by atoms with E-state index in [1.165, 1.54) is 32.3 Å². The first-order valence-corrected chi connectivity index (χ1v) is 9.23. The molecular weight excluding hydrogens is 287 g/mol. The van der Waals surface area contributed by atoms with E-state index in [0.29, 0.717) is 0 Å². The van der Waals surface area contributed by atoms with Gasteiger partial charge < -0.3 is 0 Å². The van der Waals surface area contributed by atoms with E-state index in [2.05, 4.69) is 93.6 Å². The molecule has 23 heavy (non-hydrogen) atoms. The molecule has 0 aliphatic carbocycles. The Morgan fingerprint density at radius 3 is 1.39 bits per heavy atom. The van der Waals surface area contributed by atoms with E-state index >= 15 is 0 Å². The minimum atomic E-state index is -0.954. The van der Waals surface area contributed by atoms with Crippen molar-refractivity contribution in [3.8, 4) is 0 Å². The van der Waals surface area contributed by atoms with Crippen LogP contribution < -0.4 is 34.4 Å². The summed E-state index contributed by atoms with van der Waals surface area (Å²) in [6.45, 7) is 6.69. The van der Waals surface area contributed by atoms with Crippen molar-refractivity contribution in [1.82, 2.24) is 0 Å². The third kappa shape index (κ3) is 3.87. The number of benzene rings is 3. The number of hydrogen-bond acceptors (Lipinski definition) is 0. The predicted molar refractivity (Wildman–Crippen MR) is 98.2 cm³/mol. The first-order valence-electron chi connectivity index (χ1n) is 7.73. The van der Waals surface area contributed by atoms with E-state index in [0.717, 1.165) is 0 Å². The SMILES string of the molecule is Cc1cc(C)c([Si-](c2ccccc2)c2ccccc2)c(C)c1.[Li+]. The quantitative estimate of drug-likeness (QED) is 0.477. The zero-order valence-electron chi connectivity index (χ0n) is 14.4. The van der Waals surface area contributed by atoms with Crippen LogP contribution in [-0.4, -0.2) is 8.80 Å². The first-order chi connectivity index (χ1) is 10.7. The van der Waals surface area contributed by atoms with E-state index in [-0.39, 0.29) is 18.9 Å². The molecule has 0 aliphatic heterocycles. The Labute approximate surface area is 153 Å². The maximum atomic E-state index is 2.32. The van der Waals surface area contributed by atoms with E-state index in [1.807, 2.05) is 0 Å². The van der Waals surface area contributed by atoms with Crippen LogP contribution in [0, 0.1) is 20.8 Å². The molecule has 0 aliphatic rings. The fourth-order valence-electron chi connectivity index (χ4n) is 3.24. The summed E-state index contributed by atoms with van der Waals surface area (Å²) in [6.07, 6.45) is 0. The topological polar surface area (TPSA) is 0 Å². The molecule has 0 radical (unpaired) electrons. The van der Waals surface area contributed by atoms with E-state index < -0.39 is 8.80 Å². The van der Waals surface area contributed by atoms with Gasteiger partial charge in [-0.15, -0.1) is 0 Å². The van der Waals surface area contributed by atoms with Gasteiger partial charge in [-0.1, -0.05) is 89.5 Å². The van der Waals surface area contributed by atoms with Gasteiger partial charge in [-0.2, -0.15) is 15.6 Å². The second-order valence-corrected chi connectivity index (χ2v) is 8.29. The van der Waals surface area contributed by atoms with Gasteiger partial charge in [0.15, 0.2) is 0 Å². The molecule has 0 spiro atoms. The molecule has 0 N–H and O–H groups in total. The standard InChI is InChI=1S/C21H21Si.Li/c1-16-14-17(2)21(18(3)15-16)22(19-10-6-4-7-11-19)20-12-8-5-9-13-20;/h4-15H,1-3H3;/q-1;+1. The molecule has 110 valence electrons. The largest absolute Gasteiger partial charge is 1.00 e. The maximum absolute atomic E-state index is 2.32. The van der Waals surface area contributed by atoms with Gasteiger partial charge in [-0.25, -0.2) is 8.80 Å². The second-order valence-electron chi connectivity index (χ2n) is 5.88. The van der Waals surface area contributed by atoms with Crippen LogP contribution in [0.1, 0.15) is 16.7 Å². The average Bonchev–Trinajstić information content (AvgIpc) is 2.52. The molecule has 0 saturated heterocycles. The van der Waals surface area contributed by atoms with Crippen LogP contribution in [-0.2, 0) is 0 Å². The van der Waals surface area contributed by atoms with Gasteiger partial charge in [0.05, 0.1) is 0 Å². The fraction of sp³-hybridized carbons (Fsp3) is 0.143. The second kappa shape index (κ2) is 7.84. The summed E-state index contributed by atoms with van der Waals surface area (Å²) in [5.74, 6) is 0. The molecule has 0 atom stereocenters. The Bertz CT molecular complexity index is 704. The zero-order chi connectivity index (χ0) is 15.5. The van der Waals surface area contributed by atoms with Gasteiger partial charge >= 0.3 is 18.9 Å². The molecule has 0 amide bonds. The Morgan fingerprint density at radius 1 is 0.609 bits per heavy atom. The minimum absolute atomic E-state index is 0. The molecule has 0 nitrogen and oxygen atoms in total. The zero-order valence-corrected chi connectivity index (χ0v) is 15.4. The normalized spacial score (nSPS) is 10.0. The monoisotopic (exact) mass is 308 g/mol. The smallest absolute Gasteiger partial charge is 0.218 e. The summed E-state index contributed by atoms with van der Waals surface area (Å²) in [6, 6.07) is 26.6. The molecule has 0 fully saturated rings. The van der Waals surface area contributed by atoms with Crippen LogP contribution in [0.4, 0.5) is 0 Å². The van der Waals surface area contributed by atoms with Crippen molar-refractivity contribution in [3.05, 3.63) is 89.5 Å². The molecule has 0 heterocycles. The van der Waals surface area contributed by atoms with Gasteiger partial charge in [0.25, 0.3) is 0 Å². The Morgan fingerprint density at radius 2 is 1.00 bits per heavy atom. The van der Waals surface area contributed by atoms with Crippen LogP contribution in [0.15, 0.2) is 72.8 Å². The predicted octanol–water partition coefficient (Wildman–Crippen LogP) is 0.132. The minimum Gasteiger partial charge on any atom is -0.218 e. The van der Waals surface area contributed by atoms with Crippen LogP contribution in [0.5, 0.6) is 0 Å². The molecule has 2 heteroatoms. The molecule has 3 aromatic rings. The van der Waals surface area contributed by atoms with Crippen LogP contribution >= 0.6 is 0 Å². The number of hydrogen-bond donors (Lipinski definition) is 0. The summed E-state index contributed by atoms with van der Waals surface area (Å²) in [7, 11) is -0.954. The summed E-state index contributed by atoms with van der Waals surface area (Å²) < 4.78 is 0. The van der Waals surface area contributed by atoms with Crippen molar-refractivity contribution in [1.29, 1.82) is 0 Å². The Hall–Kier alpha value is -1.53. The van der Waals surface area contributed by atoms with Crippen molar-refractivity contribution in [2.75, 3.05) is 0 Å². The molecule has 0 saturated carbocycles. The number of rotatable bonds is 3. The maximum Gasteiger partial charge on any atom is 1.00 e. The van der Waals surface area contributed by atoms with Crippen molar-refractivity contribution < 1.29 is 18.9 Å². The number of aryl methyl sites for hydroxylation is 3. The van der Waals surface area contributed by atoms with Gasteiger partial charge in [-0.05, 0) is 20.8 Å². The summed E-state index contributed by atoms with van der Waals surface area (Å²) in [5.41, 5.74) is 4.18. The average molecular weight is 308 g/mol. The summed E-state index contributed by atoms with van der Waals surface area (Å²) in [4.78, 5) is 0. The van der Waals surface area contributed by atoms with Crippen molar-refractivity contribution in [2.45, 2.75) is 20.8 Å².